The van der Waals surface area contributed by atoms with Gasteiger partial charge in [0.15, 0.2) is 0 Å². The number of carbonyl (C=O) groups excluding carboxylic acids is 2. The fourth-order valence-electron chi connectivity index (χ4n) is 1.50. The van der Waals surface area contributed by atoms with Crippen LogP contribution in [0.5, 0.6) is 0 Å². The van der Waals surface area contributed by atoms with Gasteiger partial charge < -0.3 is 9.47 Å². The fraction of sp³-hybridized carbons (Fsp3) is 0.375. The van der Waals surface area contributed by atoms with Crippen molar-refractivity contribution in [2.24, 2.45) is 0 Å². The first-order valence-corrected chi connectivity index (χ1v) is 6.58. The van der Waals surface area contributed by atoms with Gasteiger partial charge in [0.1, 0.15) is 11.3 Å². The van der Waals surface area contributed by atoms with Gasteiger partial charge in [-0.1, -0.05) is 29.8 Å². The van der Waals surface area contributed by atoms with Gasteiger partial charge in [-0.3, -0.25) is 5.32 Å². The summed E-state index contributed by atoms with van der Waals surface area (Å²) in [6.07, 6.45) is 0.834. The van der Waals surface area contributed by atoms with Crippen LogP contribution in [0.15, 0.2) is 30.0 Å². The van der Waals surface area contributed by atoms with E-state index in [0.29, 0.717) is 0 Å². The molecule has 0 fully saturated rings. The number of ether oxygens (including phenoxy) is 2. The lowest BCUT2D eigenvalue weighted by atomic mass is 10.1. The zero-order chi connectivity index (χ0) is 16.0. The third-order valence-corrected chi connectivity index (χ3v) is 2.43. The zero-order valence-electron chi connectivity index (χ0n) is 13.0. The number of methoxy groups -OCH3 is 1. The standard InChI is InChI=1S/C16H21NO4/c1-11-6-8-12(9-7-11)10-13(14(18)20-5)17-15(19)21-16(2,3)4/h6-10H,1-5H3,(H,17,19)/b13-10+. The molecule has 0 atom stereocenters. The van der Waals surface area contributed by atoms with Gasteiger partial charge in [0.25, 0.3) is 0 Å². The molecule has 0 spiro atoms. The Balaban J connectivity index is 2.93. The van der Waals surface area contributed by atoms with E-state index in [1.807, 2.05) is 31.2 Å². The van der Waals surface area contributed by atoms with Crippen LogP contribution in [0.2, 0.25) is 0 Å². The lowest BCUT2D eigenvalue weighted by Gasteiger charge is -2.20. The Bertz CT molecular complexity index is 538. The molecule has 0 aliphatic heterocycles. The van der Waals surface area contributed by atoms with Gasteiger partial charge in [0, 0.05) is 0 Å². The van der Waals surface area contributed by atoms with Crippen molar-refractivity contribution in [1.82, 2.24) is 5.32 Å². The van der Waals surface area contributed by atoms with E-state index in [-0.39, 0.29) is 5.70 Å². The highest BCUT2D eigenvalue weighted by Crippen LogP contribution is 2.11. The Morgan fingerprint density at radius 1 is 1.14 bits per heavy atom. The third kappa shape index (κ3) is 6.12. The van der Waals surface area contributed by atoms with Crippen molar-refractivity contribution in [2.45, 2.75) is 33.3 Å². The number of amides is 1. The first-order chi connectivity index (χ1) is 9.71. The largest absolute Gasteiger partial charge is 0.464 e. The summed E-state index contributed by atoms with van der Waals surface area (Å²) in [7, 11) is 1.25. The van der Waals surface area contributed by atoms with E-state index in [4.69, 9.17) is 4.74 Å². The maximum Gasteiger partial charge on any atom is 0.412 e. The molecule has 0 radical (unpaired) electrons. The van der Waals surface area contributed by atoms with Gasteiger partial charge in [-0.2, -0.15) is 0 Å². The molecule has 0 saturated carbocycles. The molecule has 0 saturated heterocycles. The lowest BCUT2D eigenvalue weighted by Crippen LogP contribution is -2.34. The minimum Gasteiger partial charge on any atom is -0.464 e. The molecule has 1 aromatic rings. The Hall–Kier alpha value is -2.30. The zero-order valence-corrected chi connectivity index (χ0v) is 13.0. The summed E-state index contributed by atoms with van der Waals surface area (Å²) in [6.45, 7) is 7.20. The number of nitrogens with one attached hydrogen (secondary N) is 1. The molecular weight excluding hydrogens is 270 g/mol. The Morgan fingerprint density at radius 2 is 1.71 bits per heavy atom. The van der Waals surface area contributed by atoms with Crippen molar-refractivity contribution in [3.05, 3.63) is 41.1 Å². The average molecular weight is 291 g/mol. The molecule has 1 amide bonds. The molecule has 0 aliphatic rings. The Labute approximate surface area is 124 Å². The second-order valence-electron chi connectivity index (χ2n) is 5.59. The normalized spacial score (nSPS) is 11.8. The van der Waals surface area contributed by atoms with E-state index < -0.39 is 17.7 Å². The van der Waals surface area contributed by atoms with Crippen LogP contribution in [0.3, 0.4) is 0 Å². The number of carbonyl (C=O) groups is 2. The van der Waals surface area contributed by atoms with Crippen LogP contribution in [0, 0.1) is 6.92 Å². The van der Waals surface area contributed by atoms with Crippen molar-refractivity contribution in [1.29, 1.82) is 0 Å². The number of aryl methyl sites for hydroxylation is 1. The molecular formula is C16H21NO4. The van der Waals surface area contributed by atoms with Gasteiger partial charge in [0.2, 0.25) is 0 Å². The first-order valence-electron chi connectivity index (χ1n) is 6.58. The van der Waals surface area contributed by atoms with E-state index in [1.165, 1.54) is 13.2 Å². The van der Waals surface area contributed by atoms with Crippen molar-refractivity contribution in [2.75, 3.05) is 7.11 Å². The highest BCUT2D eigenvalue weighted by atomic mass is 16.6. The number of alkyl carbamates (subject to hydrolysis) is 1. The van der Waals surface area contributed by atoms with E-state index in [1.54, 1.807) is 20.8 Å². The van der Waals surface area contributed by atoms with Crippen LogP contribution >= 0.6 is 0 Å². The van der Waals surface area contributed by atoms with Crippen LogP contribution in [-0.4, -0.2) is 24.8 Å². The smallest absolute Gasteiger partial charge is 0.412 e. The molecule has 0 heterocycles. The van der Waals surface area contributed by atoms with Crippen molar-refractivity contribution in [3.8, 4) is 0 Å². The number of hydrogen-bond acceptors (Lipinski definition) is 4. The molecule has 1 aromatic carbocycles. The topological polar surface area (TPSA) is 64.6 Å². The van der Waals surface area contributed by atoms with Gasteiger partial charge in [-0.15, -0.1) is 0 Å². The van der Waals surface area contributed by atoms with Gasteiger partial charge >= 0.3 is 12.1 Å². The predicted octanol–water partition coefficient (Wildman–Crippen LogP) is 3.03. The second kappa shape index (κ2) is 6.92. The molecule has 0 aromatic heterocycles. The minimum absolute atomic E-state index is 0.0237. The van der Waals surface area contributed by atoms with Gasteiger partial charge in [-0.25, -0.2) is 9.59 Å². The number of esters is 1. The molecule has 114 valence electrons. The van der Waals surface area contributed by atoms with E-state index >= 15 is 0 Å². The molecule has 0 bridgehead atoms. The average Bonchev–Trinajstić information content (AvgIpc) is 2.37. The second-order valence-corrected chi connectivity index (χ2v) is 5.59. The van der Waals surface area contributed by atoms with Crippen LogP contribution in [0.25, 0.3) is 6.08 Å². The summed E-state index contributed by atoms with van der Waals surface area (Å²) < 4.78 is 9.78. The Morgan fingerprint density at radius 3 is 2.19 bits per heavy atom. The molecule has 5 heteroatoms. The number of benzene rings is 1. The molecule has 0 unspecified atom stereocenters. The summed E-state index contributed by atoms with van der Waals surface area (Å²) in [6, 6.07) is 7.51. The number of hydrogen-bond donors (Lipinski definition) is 1. The summed E-state index contributed by atoms with van der Waals surface area (Å²) in [5.74, 6) is -0.638. The summed E-state index contributed by atoms with van der Waals surface area (Å²) >= 11 is 0. The SMILES string of the molecule is COC(=O)/C(=C\c1ccc(C)cc1)NC(=O)OC(C)(C)C. The highest BCUT2D eigenvalue weighted by molar-refractivity contribution is 5.96. The van der Waals surface area contributed by atoms with Gasteiger partial charge in [-0.05, 0) is 39.3 Å². The quantitative estimate of drug-likeness (QED) is 0.686. The maximum atomic E-state index is 11.8. The fourth-order valence-corrected chi connectivity index (χ4v) is 1.50. The lowest BCUT2D eigenvalue weighted by molar-refractivity contribution is -0.136. The van der Waals surface area contributed by atoms with E-state index in [0.717, 1.165) is 11.1 Å². The predicted molar refractivity (Wildman–Crippen MR) is 80.5 cm³/mol. The summed E-state index contributed by atoms with van der Waals surface area (Å²) in [4.78, 5) is 23.5. The van der Waals surface area contributed by atoms with E-state index in [9.17, 15) is 9.59 Å². The summed E-state index contributed by atoms with van der Waals surface area (Å²) in [5.41, 5.74) is 1.26. The molecule has 1 N–H and O–H groups in total. The van der Waals surface area contributed by atoms with Crippen LogP contribution < -0.4 is 5.32 Å². The first kappa shape index (κ1) is 16.8. The van der Waals surface area contributed by atoms with Crippen LogP contribution in [0.1, 0.15) is 31.9 Å². The Kier molecular flexibility index (Phi) is 5.52. The maximum absolute atomic E-state index is 11.8. The molecule has 1 rings (SSSR count). The minimum atomic E-state index is -0.703. The summed E-state index contributed by atoms with van der Waals surface area (Å²) in [5, 5.41) is 2.41. The number of rotatable bonds is 3. The van der Waals surface area contributed by atoms with E-state index in [2.05, 4.69) is 10.1 Å². The third-order valence-electron chi connectivity index (χ3n) is 2.43. The molecule has 5 nitrogen and oxygen atoms in total. The van der Waals surface area contributed by atoms with Gasteiger partial charge in [0.05, 0.1) is 7.11 Å². The monoisotopic (exact) mass is 291 g/mol. The van der Waals surface area contributed by atoms with Crippen molar-refractivity contribution < 1.29 is 19.1 Å². The van der Waals surface area contributed by atoms with Crippen LogP contribution in [0.4, 0.5) is 4.79 Å². The molecule has 21 heavy (non-hydrogen) atoms. The van der Waals surface area contributed by atoms with Crippen molar-refractivity contribution >= 4 is 18.1 Å². The highest BCUT2D eigenvalue weighted by Gasteiger charge is 2.19. The molecule has 0 aliphatic carbocycles. The van der Waals surface area contributed by atoms with Crippen LogP contribution in [-0.2, 0) is 14.3 Å². The van der Waals surface area contributed by atoms with Crippen molar-refractivity contribution in [3.63, 3.8) is 0 Å².